The molecule has 0 aliphatic carbocycles. The number of rotatable bonds is 2. The lowest BCUT2D eigenvalue weighted by atomic mass is 10.3. The van der Waals surface area contributed by atoms with Crippen LogP contribution < -0.4 is 5.32 Å². The fourth-order valence-electron chi connectivity index (χ4n) is 1.05. The van der Waals surface area contributed by atoms with Gasteiger partial charge >= 0.3 is 0 Å². The van der Waals surface area contributed by atoms with Crippen LogP contribution in [0.2, 0.25) is 5.02 Å². The van der Waals surface area contributed by atoms with Crippen LogP contribution in [0, 0.1) is 3.95 Å². The molecule has 0 spiro atoms. The third kappa shape index (κ3) is 2.56. The van der Waals surface area contributed by atoms with Crippen molar-refractivity contribution in [3.63, 3.8) is 0 Å². The van der Waals surface area contributed by atoms with Crippen molar-refractivity contribution < 1.29 is 0 Å². The van der Waals surface area contributed by atoms with E-state index in [0.29, 0.717) is 5.02 Å². The SMILES string of the molecule is Cn1nc(Nc2ccc(Cl)cc2)sc1=S. The topological polar surface area (TPSA) is 29.9 Å². The molecule has 3 nitrogen and oxygen atoms in total. The quantitative estimate of drug-likeness (QED) is 0.834. The molecule has 0 aliphatic rings. The molecular weight excluding hydrogens is 250 g/mol. The first-order chi connectivity index (χ1) is 7.15. The lowest BCUT2D eigenvalue weighted by molar-refractivity contribution is 0.762. The summed E-state index contributed by atoms with van der Waals surface area (Å²) in [6, 6.07) is 7.44. The van der Waals surface area contributed by atoms with Gasteiger partial charge in [0.15, 0.2) is 3.95 Å². The second kappa shape index (κ2) is 4.30. The predicted molar refractivity (Wildman–Crippen MR) is 66.7 cm³/mol. The van der Waals surface area contributed by atoms with Gasteiger partial charge in [-0.1, -0.05) is 22.9 Å². The first kappa shape index (κ1) is 10.6. The summed E-state index contributed by atoms with van der Waals surface area (Å²) in [5, 5.41) is 8.87. The number of aryl methyl sites for hydroxylation is 1. The molecule has 1 aromatic heterocycles. The number of hydrogen-bond donors (Lipinski definition) is 1. The van der Waals surface area contributed by atoms with Crippen LogP contribution in [0.5, 0.6) is 0 Å². The summed E-state index contributed by atoms with van der Waals surface area (Å²) < 4.78 is 2.41. The van der Waals surface area contributed by atoms with E-state index in [1.54, 1.807) is 4.68 Å². The Morgan fingerprint density at radius 2 is 2.07 bits per heavy atom. The van der Waals surface area contributed by atoms with Gasteiger partial charge in [0.2, 0.25) is 5.13 Å². The van der Waals surface area contributed by atoms with Crippen molar-refractivity contribution in [3.8, 4) is 0 Å². The Hall–Kier alpha value is -0.910. The smallest absolute Gasteiger partial charge is 0.208 e. The maximum atomic E-state index is 5.78. The molecule has 2 rings (SSSR count). The minimum Gasteiger partial charge on any atom is -0.330 e. The van der Waals surface area contributed by atoms with Gasteiger partial charge in [-0.15, -0.1) is 5.10 Å². The van der Waals surface area contributed by atoms with E-state index in [2.05, 4.69) is 10.4 Å². The molecule has 1 heterocycles. The monoisotopic (exact) mass is 257 g/mol. The van der Waals surface area contributed by atoms with Gasteiger partial charge in [-0.3, -0.25) is 0 Å². The molecule has 6 heteroatoms. The molecule has 0 saturated heterocycles. The van der Waals surface area contributed by atoms with Crippen LogP contribution in [-0.4, -0.2) is 9.78 Å². The third-order valence-corrected chi connectivity index (χ3v) is 3.37. The minimum atomic E-state index is 0.717. The summed E-state index contributed by atoms with van der Waals surface area (Å²) in [5.41, 5.74) is 0.948. The van der Waals surface area contributed by atoms with Crippen LogP contribution in [-0.2, 0) is 7.05 Å². The van der Waals surface area contributed by atoms with E-state index in [-0.39, 0.29) is 0 Å². The number of nitrogens with zero attached hydrogens (tertiary/aromatic N) is 2. The van der Waals surface area contributed by atoms with Crippen LogP contribution in [0.25, 0.3) is 0 Å². The molecule has 0 unspecified atom stereocenters. The first-order valence-corrected chi connectivity index (χ1v) is 5.82. The van der Waals surface area contributed by atoms with Crippen molar-refractivity contribution >= 4 is 46.0 Å². The van der Waals surface area contributed by atoms with Gasteiger partial charge in [0.05, 0.1) is 0 Å². The molecular formula is C9H8ClN3S2. The van der Waals surface area contributed by atoms with E-state index in [4.69, 9.17) is 23.8 Å². The number of benzene rings is 1. The highest BCUT2D eigenvalue weighted by Crippen LogP contribution is 2.21. The molecule has 0 saturated carbocycles. The molecule has 0 fully saturated rings. The average molecular weight is 258 g/mol. The summed E-state index contributed by atoms with van der Waals surface area (Å²) in [4.78, 5) is 0. The van der Waals surface area contributed by atoms with Crippen LogP contribution in [0.3, 0.4) is 0 Å². The Labute approximate surface area is 101 Å². The van der Waals surface area contributed by atoms with Gasteiger partial charge in [-0.05, 0) is 36.5 Å². The summed E-state index contributed by atoms with van der Waals surface area (Å²) in [5.74, 6) is 0. The van der Waals surface area contributed by atoms with Crippen molar-refractivity contribution in [2.45, 2.75) is 0 Å². The lowest BCUT2D eigenvalue weighted by Crippen LogP contribution is -1.93. The van der Waals surface area contributed by atoms with Crippen molar-refractivity contribution in [2.24, 2.45) is 7.05 Å². The molecule has 2 aromatic rings. The van der Waals surface area contributed by atoms with E-state index in [9.17, 15) is 0 Å². The average Bonchev–Trinajstić information content (AvgIpc) is 2.50. The van der Waals surface area contributed by atoms with E-state index in [0.717, 1.165) is 14.8 Å². The standard InChI is InChI=1S/C9H8ClN3S2/c1-13-9(14)15-8(12-13)11-7-4-2-6(10)3-5-7/h2-5H,1H3,(H,11,12). The zero-order valence-corrected chi connectivity index (χ0v) is 10.3. The highest BCUT2D eigenvalue weighted by atomic mass is 35.5. The van der Waals surface area contributed by atoms with Gasteiger partial charge < -0.3 is 5.32 Å². The summed E-state index contributed by atoms with van der Waals surface area (Å²) >= 11 is 12.3. The number of anilines is 2. The molecule has 1 aromatic carbocycles. The number of aromatic nitrogens is 2. The van der Waals surface area contributed by atoms with Gasteiger partial charge in [-0.25, -0.2) is 4.68 Å². The van der Waals surface area contributed by atoms with Crippen molar-refractivity contribution in [3.05, 3.63) is 33.2 Å². The Bertz CT molecular complexity index is 515. The Morgan fingerprint density at radius 3 is 2.60 bits per heavy atom. The highest BCUT2D eigenvalue weighted by molar-refractivity contribution is 7.73. The highest BCUT2D eigenvalue weighted by Gasteiger charge is 2.00. The van der Waals surface area contributed by atoms with Crippen molar-refractivity contribution in [2.75, 3.05) is 5.32 Å². The largest absolute Gasteiger partial charge is 0.330 e. The zero-order valence-electron chi connectivity index (χ0n) is 7.90. The molecule has 0 bridgehead atoms. The summed E-state index contributed by atoms with van der Waals surface area (Å²) in [7, 11) is 1.83. The normalized spacial score (nSPS) is 10.3. The van der Waals surface area contributed by atoms with E-state index < -0.39 is 0 Å². The van der Waals surface area contributed by atoms with Gasteiger partial charge in [0.1, 0.15) is 0 Å². The number of nitrogens with one attached hydrogen (secondary N) is 1. The van der Waals surface area contributed by atoms with Crippen LogP contribution in [0.15, 0.2) is 24.3 Å². The van der Waals surface area contributed by atoms with Gasteiger partial charge in [0, 0.05) is 17.8 Å². The maximum Gasteiger partial charge on any atom is 0.208 e. The van der Waals surface area contributed by atoms with E-state index in [1.807, 2.05) is 31.3 Å². The van der Waals surface area contributed by atoms with Crippen molar-refractivity contribution in [1.29, 1.82) is 0 Å². The number of halogens is 1. The summed E-state index contributed by atoms with van der Waals surface area (Å²) in [6.45, 7) is 0. The lowest BCUT2D eigenvalue weighted by Gasteiger charge is -2.00. The fraction of sp³-hybridized carbons (Fsp3) is 0.111. The summed E-state index contributed by atoms with van der Waals surface area (Å²) in [6.07, 6.45) is 0. The van der Waals surface area contributed by atoms with Crippen LogP contribution >= 0.6 is 35.2 Å². The van der Waals surface area contributed by atoms with Gasteiger partial charge in [0.25, 0.3) is 0 Å². The predicted octanol–water partition coefficient (Wildman–Crippen LogP) is 3.61. The van der Waals surface area contributed by atoms with E-state index >= 15 is 0 Å². The Morgan fingerprint density at radius 1 is 1.40 bits per heavy atom. The van der Waals surface area contributed by atoms with Crippen LogP contribution in [0.4, 0.5) is 10.8 Å². The second-order valence-corrected chi connectivity index (χ2v) is 4.99. The minimum absolute atomic E-state index is 0.717. The number of hydrogen-bond acceptors (Lipinski definition) is 4. The molecule has 78 valence electrons. The second-order valence-electron chi connectivity index (χ2n) is 2.93. The fourth-order valence-corrected chi connectivity index (χ4v) is 2.13. The van der Waals surface area contributed by atoms with Crippen LogP contribution in [0.1, 0.15) is 0 Å². The van der Waals surface area contributed by atoms with E-state index in [1.165, 1.54) is 11.3 Å². The van der Waals surface area contributed by atoms with Gasteiger partial charge in [-0.2, -0.15) is 0 Å². The Kier molecular flexibility index (Phi) is 3.04. The molecule has 1 N–H and O–H groups in total. The zero-order chi connectivity index (χ0) is 10.8. The Balaban J connectivity index is 2.22. The molecule has 0 radical (unpaired) electrons. The first-order valence-electron chi connectivity index (χ1n) is 4.22. The van der Waals surface area contributed by atoms with Crippen molar-refractivity contribution in [1.82, 2.24) is 9.78 Å². The molecule has 15 heavy (non-hydrogen) atoms. The maximum absolute atomic E-state index is 5.78. The molecule has 0 atom stereocenters. The third-order valence-electron chi connectivity index (χ3n) is 1.78. The molecule has 0 amide bonds. The molecule has 0 aliphatic heterocycles.